The maximum Gasteiger partial charge on any atom is 0.326 e. The number of carbonyl (C=O) groups is 4. The summed E-state index contributed by atoms with van der Waals surface area (Å²) in [5.74, 6) is -3.56. The molecule has 0 aromatic heterocycles. The molecule has 0 fully saturated rings. The average Bonchev–Trinajstić information content (AvgIpc) is 2.58. The summed E-state index contributed by atoms with van der Waals surface area (Å²) in [6, 6.07) is 7.06. The van der Waals surface area contributed by atoms with Crippen LogP contribution in [0.4, 0.5) is 0 Å². The van der Waals surface area contributed by atoms with Crippen LogP contribution >= 0.6 is 0 Å². The van der Waals surface area contributed by atoms with Crippen LogP contribution < -0.4 is 10.6 Å². The Morgan fingerprint density at radius 1 is 1.16 bits per heavy atom. The van der Waals surface area contributed by atoms with Gasteiger partial charge in [-0.3, -0.25) is 14.4 Å². The summed E-state index contributed by atoms with van der Waals surface area (Å²) in [6.45, 7) is 3.00. The molecular weight excluding hydrogens is 328 g/mol. The summed E-state index contributed by atoms with van der Waals surface area (Å²) in [5, 5.41) is 14.0. The molecule has 0 aliphatic carbocycles. The lowest BCUT2D eigenvalue weighted by atomic mass is 9.98. The molecule has 0 aliphatic heterocycles. The predicted molar refractivity (Wildman–Crippen MR) is 88.8 cm³/mol. The number of aliphatic carboxylic acids is 1. The highest BCUT2D eigenvalue weighted by atomic mass is 16.5. The van der Waals surface area contributed by atoms with Gasteiger partial charge in [0.1, 0.15) is 6.04 Å². The molecule has 0 bridgehead atoms. The third-order valence-electron chi connectivity index (χ3n) is 3.39. The van der Waals surface area contributed by atoms with Crippen LogP contribution in [0.3, 0.4) is 0 Å². The average molecular weight is 350 g/mol. The van der Waals surface area contributed by atoms with Crippen molar-refractivity contribution in [1.82, 2.24) is 10.6 Å². The van der Waals surface area contributed by atoms with E-state index < -0.39 is 35.7 Å². The lowest BCUT2D eigenvalue weighted by Gasteiger charge is -2.20. The number of hydrogen-bond donors (Lipinski definition) is 3. The van der Waals surface area contributed by atoms with Crippen molar-refractivity contribution in [3.8, 4) is 0 Å². The first kappa shape index (κ1) is 20.1. The van der Waals surface area contributed by atoms with E-state index in [2.05, 4.69) is 10.6 Å². The van der Waals surface area contributed by atoms with Crippen LogP contribution in [0.2, 0.25) is 0 Å². The third kappa shape index (κ3) is 7.03. The second-order valence-corrected chi connectivity index (χ2v) is 5.42. The van der Waals surface area contributed by atoms with Gasteiger partial charge in [0.05, 0.1) is 19.6 Å². The van der Waals surface area contributed by atoms with E-state index in [4.69, 9.17) is 4.74 Å². The maximum atomic E-state index is 11.9. The number of esters is 1. The molecule has 2 atom stereocenters. The van der Waals surface area contributed by atoms with Gasteiger partial charge in [-0.25, -0.2) is 4.79 Å². The minimum atomic E-state index is -1.26. The molecule has 0 saturated carbocycles. The molecule has 0 radical (unpaired) electrons. The van der Waals surface area contributed by atoms with Crippen LogP contribution in [0.25, 0.3) is 0 Å². The van der Waals surface area contributed by atoms with Crippen molar-refractivity contribution in [3.63, 3.8) is 0 Å². The molecule has 1 aromatic carbocycles. The van der Waals surface area contributed by atoms with Gasteiger partial charge >= 0.3 is 11.9 Å². The van der Waals surface area contributed by atoms with E-state index >= 15 is 0 Å². The van der Waals surface area contributed by atoms with Crippen LogP contribution in [0, 0.1) is 5.92 Å². The van der Waals surface area contributed by atoms with E-state index in [-0.39, 0.29) is 19.6 Å². The largest absolute Gasteiger partial charge is 0.480 e. The highest BCUT2D eigenvalue weighted by molar-refractivity contribution is 5.96. The predicted octanol–water partition coefficient (Wildman–Crippen LogP) is 0.575. The Morgan fingerprint density at radius 3 is 2.36 bits per heavy atom. The van der Waals surface area contributed by atoms with Crippen molar-refractivity contribution >= 4 is 23.8 Å². The Kier molecular flexibility index (Phi) is 8.11. The van der Waals surface area contributed by atoms with Gasteiger partial charge < -0.3 is 20.5 Å². The van der Waals surface area contributed by atoms with Gasteiger partial charge in [0.25, 0.3) is 5.91 Å². The monoisotopic (exact) mass is 350 g/mol. The van der Waals surface area contributed by atoms with Crippen LogP contribution in [0.15, 0.2) is 30.3 Å². The summed E-state index contributed by atoms with van der Waals surface area (Å²) in [7, 11) is 0. The number of ether oxygens (including phenoxy) is 1. The highest BCUT2D eigenvalue weighted by Crippen LogP contribution is 2.10. The summed E-state index contributed by atoms with van der Waals surface area (Å²) in [6.07, 6.45) is -0.137. The number of carboxylic acid groups (broad SMARTS) is 1. The quantitative estimate of drug-likeness (QED) is 0.560. The van der Waals surface area contributed by atoms with Gasteiger partial charge in [-0.2, -0.15) is 0 Å². The Morgan fingerprint density at radius 2 is 1.80 bits per heavy atom. The molecule has 0 unspecified atom stereocenters. The fourth-order valence-electron chi connectivity index (χ4n) is 2.12. The first-order valence-corrected chi connectivity index (χ1v) is 7.86. The zero-order chi connectivity index (χ0) is 18.8. The molecule has 25 heavy (non-hydrogen) atoms. The van der Waals surface area contributed by atoms with Gasteiger partial charge in [0, 0.05) is 5.56 Å². The van der Waals surface area contributed by atoms with E-state index in [1.165, 1.54) is 6.92 Å². The summed E-state index contributed by atoms with van der Waals surface area (Å²) in [4.78, 5) is 46.5. The summed E-state index contributed by atoms with van der Waals surface area (Å²) in [5.41, 5.74) is 0.390. The highest BCUT2D eigenvalue weighted by Gasteiger charge is 2.28. The molecule has 0 saturated heterocycles. The van der Waals surface area contributed by atoms with Gasteiger partial charge in [0.2, 0.25) is 5.91 Å². The molecule has 136 valence electrons. The molecule has 1 aromatic rings. The SMILES string of the molecule is CCOC(=O)C[C@@H](C)[C@H](NC(=O)CNC(=O)c1ccccc1)C(=O)O. The molecule has 0 aliphatic rings. The number of benzene rings is 1. The standard InChI is InChI=1S/C17H22N2O6/c1-3-25-14(21)9-11(2)15(17(23)24)19-13(20)10-18-16(22)12-7-5-4-6-8-12/h4-8,11,15H,3,9-10H2,1-2H3,(H,18,22)(H,19,20)(H,23,24)/t11-,15+/m1/s1. The summed E-state index contributed by atoms with van der Waals surface area (Å²) >= 11 is 0. The number of rotatable bonds is 9. The molecule has 1 rings (SSSR count). The Hall–Kier alpha value is -2.90. The fraction of sp³-hybridized carbons (Fsp3) is 0.412. The molecule has 8 heteroatoms. The topological polar surface area (TPSA) is 122 Å². The van der Waals surface area contributed by atoms with Gasteiger partial charge in [-0.1, -0.05) is 25.1 Å². The van der Waals surface area contributed by atoms with Crippen molar-refractivity contribution in [2.75, 3.05) is 13.2 Å². The van der Waals surface area contributed by atoms with Crippen molar-refractivity contribution in [2.24, 2.45) is 5.92 Å². The lowest BCUT2D eigenvalue weighted by Crippen LogP contribution is -2.49. The number of carbonyl (C=O) groups excluding carboxylic acids is 3. The summed E-state index contributed by atoms with van der Waals surface area (Å²) < 4.78 is 4.77. The van der Waals surface area contributed by atoms with E-state index in [1.54, 1.807) is 37.3 Å². The van der Waals surface area contributed by atoms with E-state index in [0.717, 1.165) is 0 Å². The van der Waals surface area contributed by atoms with Crippen LogP contribution in [0.5, 0.6) is 0 Å². The van der Waals surface area contributed by atoms with Crippen LogP contribution in [-0.4, -0.2) is 48.1 Å². The van der Waals surface area contributed by atoms with Crippen LogP contribution in [0.1, 0.15) is 30.6 Å². The molecule has 2 amide bonds. The normalized spacial score (nSPS) is 12.6. The molecule has 8 nitrogen and oxygen atoms in total. The van der Waals surface area contributed by atoms with Crippen molar-refractivity contribution in [3.05, 3.63) is 35.9 Å². The van der Waals surface area contributed by atoms with Gasteiger partial charge in [0.15, 0.2) is 0 Å². The number of nitrogens with one attached hydrogen (secondary N) is 2. The van der Waals surface area contributed by atoms with Crippen LogP contribution in [-0.2, 0) is 19.1 Å². The third-order valence-corrected chi connectivity index (χ3v) is 3.39. The van der Waals surface area contributed by atoms with Gasteiger partial charge in [-0.05, 0) is 25.0 Å². The first-order valence-electron chi connectivity index (χ1n) is 7.86. The van der Waals surface area contributed by atoms with E-state index in [0.29, 0.717) is 5.56 Å². The zero-order valence-electron chi connectivity index (χ0n) is 14.2. The van der Waals surface area contributed by atoms with E-state index in [9.17, 15) is 24.3 Å². The number of amides is 2. The maximum absolute atomic E-state index is 11.9. The Bertz CT molecular complexity index is 617. The second kappa shape index (κ2) is 10.1. The number of carboxylic acids is 1. The van der Waals surface area contributed by atoms with Gasteiger partial charge in [-0.15, -0.1) is 0 Å². The second-order valence-electron chi connectivity index (χ2n) is 5.42. The van der Waals surface area contributed by atoms with Crippen molar-refractivity contribution < 1.29 is 29.0 Å². The van der Waals surface area contributed by atoms with Crippen molar-refractivity contribution in [1.29, 1.82) is 0 Å². The molecule has 0 spiro atoms. The van der Waals surface area contributed by atoms with Crippen molar-refractivity contribution in [2.45, 2.75) is 26.3 Å². The first-order chi connectivity index (χ1) is 11.8. The molecular formula is C17H22N2O6. The Labute approximate surface area is 145 Å². The minimum absolute atomic E-state index is 0.137. The lowest BCUT2D eigenvalue weighted by molar-refractivity contribution is -0.147. The Balaban J connectivity index is 2.54. The number of hydrogen-bond acceptors (Lipinski definition) is 5. The molecule has 3 N–H and O–H groups in total. The molecule has 0 heterocycles. The fourth-order valence-corrected chi connectivity index (χ4v) is 2.12. The van der Waals surface area contributed by atoms with E-state index in [1.807, 2.05) is 0 Å². The zero-order valence-corrected chi connectivity index (χ0v) is 14.2. The minimum Gasteiger partial charge on any atom is -0.480 e. The smallest absolute Gasteiger partial charge is 0.326 e.